The molecule has 0 spiro atoms. The SMILES string of the molecule is CC1CN(c2nccs2)c2nc(Nc3ccc(N4CCNCC4)cn3)ncc21. The topological polar surface area (TPSA) is 82.1 Å². The summed E-state index contributed by atoms with van der Waals surface area (Å²) >= 11 is 1.62. The first-order valence-corrected chi connectivity index (χ1v) is 10.4. The summed E-state index contributed by atoms with van der Waals surface area (Å²) in [5.41, 5.74) is 2.30. The number of pyridine rings is 1. The number of nitrogens with one attached hydrogen (secondary N) is 2. The molecule has 2 aliphatic rings. The van der Waals surface area contributed by atoms with E-state index < -0.39 is 0 Å². The van der Waals surface area contributed by atoms with Gasteiger partial charge in [-0.1, -0.05) is 6.92 Å². The van der Waals surface area contributed by atoms with Crippen molar-refractivity contribution in [3.8, 4) is 0 Å². The minimum absolute atomic E-state index is 0.379. The van der Waals surface area contributed by atoms with E-state index in [2.05, 4.69) is 48.4 Å². The zero-order valence-corrected chi connectivity index (χ0v) is 16.5. The van der Waals surface area contributed by atoms with E-state index in [1.165, 1.54) is 0 Å². The molecular formula is C19H22N8S. The summed E-state index contributed by atoms with van der Waals surface area (Å²) in [4.78, 5) is 22.8. The van der Waals surface area contributed by atoms with Crippen LogP contribution >= 0.6 is 11.3 Å². The molecule has 5 heterocycles. The molecule has 1 unspecified atom stereocenters. The number of fused-ring (bicyclic) bond motifs is 1. The van der Waals surface area contributed by atoms with Crippen molar-refractivity contribution >= 4 is 39.7 Å². The van der Waals surface area contributed by atoms with Crippen LogP contribution in [0.15, 0.2) is 36.1 Å². The maximum absolute atomic E-state index is 4.76. The predicted molar refractivity (Wildman–Crippen MR) is 112 cm³/mol. The number of rotatable bonds is 4. The molecule has 1 fully saturated rings. The van der Waals surface area contributed by atoms with E-state index in [0.717, 1.165) is 60.7 Å². The molecule has 0 saturated carbocycles. The molecular weight excluding hydrogens is 372 g/mol. The van der Waals surface area contributed by atoms with Crippen LogP contribution in [0.1, 0.15) is 18.4 Å². The van der Waals surface area contributed by atoms with Crippen LogP contribution in [0.2, 0.25) is 0 Å². The molecule has 0 aliphatic carbocycles. The van der Waals surface area contributed by atoms with Gasteiger partial charge in [0.1, 0.15) is 11.6 Å². The van der Waals surface area contributed by atoms with Crippen LogP contribution in [-0.2, 0) is 0 Å². The number of thiazole rings is 1. The number of hydrogen-bond donors (Lipinski definition) is 2. The van der Waals surface area contributed by atoms with Crippen LogP contribution in [0.5, 0.6) is 0 Å². The fraction of sp³-hybridized carbons (Fsp3) is 0.368. The van der Waals surface area contributed by atoms with Crippen LogP contribution in [0.3, 0.4) is 0 Å². The fourth-order valence-corrected chi connectivity index (χ4v) is 4.32. The lowest BCUT2D eigenvalue weighted by Crippen LogP contribution is -2.43. The number of hydrogen-bond acceptors (Lipinski definition) is 9. The Kier molecular flexibility index (Phi) is 4.53. The molecule has 144 valence electrons. The van der Waals surface area contributed by atoms with Gasteiger partial charge in [0.2, 0.25) is 5.95 Å². The summed E-state index contributed by atoms with van der Waals surface area (Å²) in [6, 6.07) is 4.08. The third kappa shape index (κ3) is 3.27. The minimum atomic E-state index is 0.379. The molecule has 8 nitrogen and oxygen atoms in total. The number of piperazine rings is 1. The lowest BCUT2D eigenvalue weighted by molar-refractivity contribution is 0.589. The van der Waals surface area contributed by atoms with Crippen LogP contribution in [0, 0.1) is 0 Å². The maximum atomic E-state index is 4.76. The van der Waals surface area contributed by atoms with Crippen molar-refractivity contribution in [1.29, 1.82) is 0 Å². The summed E-state index contributed by atoms with van der Waals surface area (Å²) in [5.74, 6) is 2.60. The number of aromatic nitrogens is 4. The van der Waals surface area contributed by atoms with E-state index >= 15 is 0 Å². The smallest absolute Gasteiger partial charge is 0.230 e. The minimum Gasteiger partial charge on any atom is -0.368 e. The molecule has 1 atom stereocenters. The standard InChI is InChI=1S/C19H22N8S/c1-13-12-27(19-21-6-9-28-19)17-15(13)11-23-18(25-17)24-16-3-2-14(10-22-16)26-7-4-20-5-8-26/h2-3,6,9-11,13,20H,4-5,7-8,12H2,1H3,(H,22,23,24,25). The Morgan fingerprint density at radius 1 is 1.14 bits per heavy atom. The van der Waals surface area contributed by atoms with Gasteiger partial charge in [-0.2, -0.15) is 4.98 Å². The quantitative estimate of drug-likeness (QED) is 0.699. The molecule has 9 heteroatoms. The van der Waals surface area contributed by atoms with Crippen molar-refractivity contribution in [2.45, 2.75) is 12.8 Å². The first-order valence-electron chi connectivity index (χ1n) is 9.50. The van der Waals surface area contributed by atoms with Crippen molar-refractivity contribution in [3.63, 3.8) is 0 Å². The van der Waals surface area contributed by atoms with E-state index in [4.69, 9.17) is 4.98 Å². The predicted octanol–water partition coefficient (Wildman–Crippen LogP) is 2.74. The summed E-state index contributed by atoms with van der Waals surface area (Å²) in [6.45, 7) is 7.10. The first kappa shape index (κ1) is 17.3. The van der Waals surface area contributed by atoms with Crippen molar-refractivity contribution in [2.24, 2.45) is 0 Å². The highest BCUT2D eigenvalue weighted by Crippen LogP contribution is 2.40. The van der Waals surface area contributed by atoms with Gasteiger partial charge in [0.15, 0.2) is 5.13 Å². The molecule has 3 aromatic rings. The molecule has 0 radical (unpaired) electrons. The van der Waals surface area contributed by atoms with Crippen LogP contribution in [0.25, 0.3) is 0 Å². The molecule has 1 saturated heterocycles. The van der Waals surface area contributed by atoms with E-state index in [-0.39, 0.29) is 0 Å². The van der Waals surface area contributed by atoms with Gasteiger partial charge in [-0.3, -0.25) is 0 Å². The Balaban J connectivity index is 1.35. The van der Waals surface area contributed by atoms with Gasteiger partial charge in [-0.05, 0) is 12.1 Å². The maximum Gasteiger partial charge on any atom is 0.230 e. The zero-order valence-electron chi connectivity index (χ0n) is 15.7. The first-order chi connectivity index (χ1) is 13.8. The van der Waals surface area contributed by atoms with Gasteiger partial charge in [0, 0.05) is 62.0 Å². The molecule has 5 rings (SSSR count). The molecule has 2 N–H and O–H groups in total. The van der Waals surface area contributed by atoms with Crippen LogP contribution < -0.4 is 20.4 Å². The van der Waals surface area contributed by atoms with Gasteiger partial charge in [0.25, 0.3) is 0 Å². The number of anilines is 5. The molecule has 0 bridgehead atoms. The molecule has 2 aliphatic heterocycles. The van der Waals surface area contributed by atoms with Gasteiger partial charge in [-0.15, -0.1) is 11.3 Å². The van der Waals surface area contributed by atoms with Gasteiger partial charge in [-0.25, -0.2) is 15.0 Å². The highest BCUT2D eigenvalue weighted by molar-refractivity contribution is 7.13. The Bertz CT molecular complexity index is 937. The Labute approximate surface area is 167 Å². The van der Waals surface area contributed by atoms with Crippen molar-refractivity contribution in [2.75, 3.05) is 47.8 Å². The van der Waals surface area contributed by atoms with Crippen molar-refractivity contribution < 1.29 is 0 Å². The second-order valence-corrected chi connectivity index (χ2v) is 7.94. The lowest BCUT2D eigenvalue weighted by Gasteiger charge is -2.29. The van der Waals surface area contributed by atoms with E-state index in [0.29, 0.717) is 11.9 Å². The third-order valence-electron chi connectivity index (χ3n) is 5.16. The highest BCUT2D eigenvalue weighted by atomic mass is 32.1. The Hall–Kier alpha value is -2.78. The third-order valence-corrected chi connectivity index (χ3v) is 5.95. The summed E-state index contributed by atoms with van der Waals surface area (Å²) < 4.78 is 0. The van der Waals surface area contributed by atoms with E-state index in [1.807, 2.05) is 30.0 Å². The second kappa shape index (κ2) is 7.33. The summed E-state index contributed by atoms with van der Waals surface area (Å²) in [5, 5.41) is 9.56. The molecule has 0 amide bonds. The normalized spacial score (nSPS) is 19.0. The average molecular weight is 395 g/mol. The van der Waals surface area contributed by atoms with Crippen LogP contribution in [0.4, 0.5) is 28.4 Å². The van der Waals surface area contributed by atoms with Crippen molar-refractivity contribution in [1.82, 2.24) is 25.3 Å². The van der Waals surface area contributed by atoms with Gasteiger partial charge in [0.05, 0.1) is 11.9 Å². The van der Waals surface area contributed by atoms with E-state index in [9.17, 15) is 0 Å². The fourth-order valence-electron chi connectivity index (χ4n) is 3.67. The average Bonchev–Trinajstić information content (AvgIpc) is 3.37. The largest absolute Gasteiger partial charge is 0.368 e. The Morgan fingerprint density at radius 3 is 2.79 bits per heavy atom. The van der Waals surface area contributed by atoms with Crippen LogP contribution in [-0.4, -0.2) is 52.7 Å². The molecule has 0 aromatic carbocycles. The highest BCUT2D eigenvalue weighted by Gasteiger charge is 2.30. The number of nitrogens with zero attached hydrogens (tertiary/aromatic N) is 6. The monoisotopic (exact) mass is 394 g/mol. The summed E-state index contributed by atoms with van der Waals surface area (Å²) in [7, 11) is 0. The molecule has 3 aromatic heterocycles. The zero-order chi connectivity index (χ0) is 18.9. The molecule has 28 heavy (non-hydrogen) atoms. The summed E-state index contributed by atoms with van der Waals surface area (Å²) in [6.07, 6.45) is 5.65. The van der Waals surface area contributed by atoms with E-state index in [1.54, 1.807) is 11.3 Å². The Morgan fingerprint density at radius 2 is 2.04 bits per heavy atom. The second-order valence-electron chi connectivity index (χ2n) is 7.06. The van der Waals surface area contributed by atoms with Gasteiger partial charge >= 0.3 is 0 Å². The van der Waals surface area contributed by atoms with Crippen molar-refractivity contribution in [3.05, 3.63) is 41.7 Å². The van der Waals surface area contributed by atoms with Gasteiger partial charge < -0.3 is 20.4 Å². The lowest BCUT2D eigenvalue weighted by atomic mass is 10.1.